The Labute approximate surface area is 155 Å². The summed E-state index contributed by atoms with van der Waals surface area (Å²) in [6.45, 7) is 2.11. The molecule has 0 aliphatic heterocycles. The Bertz CT molecular complexity index is 803. The standard InChI is InChI=1S/C19H20BrN3O2/c1-12-10-14(8-9-16(12)20)21-11-18(24)23-17-5-3-2-4-15(17)19(25)22-13-6-7-13/h2-5,8-10,13,21H,6-7,11H2,1H3,(H,22,25)(H,23,24). The zero-order chi connectivity index (χ0) is 17.8. The van der Waals surface area contributed by atoms with Crippen molar-refractivity contribution in [2.45, 2.75) is 25.8 Å². The summed E-state index contributed by atoms with van der Waals surface area (Å²) in [6, 6.07) is 13.1. The fourth-order valence-corrected chi connectivity index (χ4v) is 2.66. The van der Waals surface area contributed by atoms with Gasteiger partial charge in [0.1, 0.15) is 0 Å². The molecular weight excluding hydrogens is 382 g/mol. The number of amides is 2. The molecule has 1 aliphatic rings. The van der Waals surface area contributed by atoms with E-state index in [-0.39, 0.29) is 24.4 Å². The van der Waals surface area contributed by atoms with Crippen LogP contribution in [-0.2, 0) is 4.79 Å². The summed E-state index contributed by atoms with van der Waals surface area (Å²) >= 11 is 3.45. The van der Waals surface area contributed by atoms with Gasteiger partial charge >= 0.3 is 0 Å². The molecule has 2 aromatic rings. The number of anilines is 2. The minimum absolute atomic E-state index is 0.125. The molecule has 3 N–H and O–H groups in total. The summed E-state index contributed by atoms with van der Waals surface area (Å²) in [5.74, 6) is -0.345. The first-order chi connectivity index (χ1) is 12.0. The molecule has 1 saturated carbocycles. The maximum Gasteiger partial charge on any atom is 0.253 e. The van der Waals surface area contributed by atoms with Gasteiger partial charge in [0.05, 0.1) is 17.8 Å². The Kier molecular flexibility index (Phi) is 5.38. The first kappa shape index (κ1) is 17.5. The average molecular weight is 402 g/mol. The lowest BCUT2D eigenvalue weighted by Crippen LogP contribution is -2.28. The quantitative estimate of drug-likeness (QED) is 0.690. The number of hydrogen-bond donors (Lipinski definition) is 3. The van der Waals surface area contributed by atoms with E-state index in [9.17, 15) is 9.59 Å². The highest BCUT2D eigenvalue weighted by atomic mass is 79.9. The molecule has 25 heavy (non-hydrogen) atoms. The van der Waals surface area contributed by atoms with E-state index in [0.29, 0.717) is 11.3 Å². The second kappa shape index (κ2) is 7.70. The molecule has 0 spiro atoms. The summed E-state index contributed by atoms with van der Waals surface area (Å²) in [5.41, 5.74) is 2.98. The molecular formula is C19H20BrN3O2. The smallest absolute Gasteiger partial charge is 0.253 e. The van der Waals surface area contributed by atoms with Crippen molar-refractivity contribution >= 4 is 39.1 Å². The maximum absolute atomic E-state index is 12.3. The fourth-order valence-electron chi connectivity index (χ4n) is 2.41. The van der Waals surface area contributed by atoms with Crippen LogP contribution in [0, 0.1) is 6.92 Å². The molecule has 2 aromatic carbocycles. The number of nitrogens with one attached hydrogen (secondary N) is 3. The summed E-state index contributed by atoms with van der Waals surface area (Å²) in [4.78, 5) is 24.5. The van der Waals surface area contributed by atoms with Gasteiger partial charge in [0.25, 0.3) is 5.91 Å². The number of halogens is 1. The second-order valence-electron chi connectivity index (χ2n) is 6.16. The number of benzene rings is 2. The Balaban J connectivity index is 1.60. The normalized spacial score (nSPS) is 13.2. The Hall–Kier alpha value is -2.34. The predicted octanol–water partition coefficient (Wildman–Crippen LogP) is 3.70. The molecule has 130 valence electrons. The molecule has 5 nitrogen and oxygen atoms in total. The van der Waals surface area contributed by atoms with Gasteiger partial charge in [-0.15, -0.1) is 0 Å². The SMILES string of the molecule is Cc1cc(NCC(=O)Nc2ccccc2C(=O)NC2CC2)ccc1Br. The molecule has 0 heterocycles. The molecule has 0 unspecified atom stereocenters. The second-order valence-corrected chi connectivity index (χ2v) is 7.01. The van der Waals surface area contributed by atoms with Crippen molar-refractivity contribution in [1.82, 2.24) is 5.32 Å². The number of carbonyl (C=O) groups is 2. The van der Waals surface area contributed by atoms with Crippen LogP contribution in [0.4, 0.5) is 11.4 Å². The van der Waals surface area contributed by atoms with Crippen LogP contribution in [0.5, 0.6) is 0 Å². The molecule has 0 aromatic heterocycles. The van der Waals surface area contributed by atoms with Gasteiger partial charge in [0.15, 0.2) is 0 Å². The molecule has 3 rings (SSSR count). The van der Waals surface area contributed by atoms with Gasteiger partial charge in [0, 0.05) is 16.2 Å². The monoisotopic (exact) mass is 401 g/mol. The van der Waals surface area contributed by atoms with Crippen LogP contribution in [0.3, 0.4) is 0 Å². The number of para-hydroxylation sites is 1. The van der Waals surface area contributed by atoms with Crippen LogP contribution in [0.2, 0.25) is 0 Å². The highest BCUT2D eigenvalue weighted by Crippen LogP contribution is 2.22. The molecule has 1 aliphatic carbocycles. The van der Waals surface area contributed by atoms with Crippen LogP contribution in [0.1, 0.15) is 28.8 Å². The van der Waals surface area contributed by atoms with E-state index in [0.717, 1.165) is 28.6 Å². The number of rotatable bonds is 6. The van der Waals surface area contributed by atoms with Gasteiger partial charge in [-0.2, -0.15) is 0 Å². The predicted molar refractivity (Wildman–Crippen MR) is 103 cm³/mol. The molecule has 0 bridgehead atoms. The van der Waals surface area contributed by atoms with Gasteiger partial charge in [0.2, 0.25) is 5.91 Å². The summed E-state index contributed by atoms with van der Waals surface area (Å²) in [5, 5.41) is 8.84. The third-order valence-corrected chi connectivity index (χ3v) is 4.86. The summed E-state index contributed by atoms with van der Waals surface area (Å²) in [6.07, 6.45) is 2.05. The molecule has 0 atom stereocenters. The fraction of sp³-hybridized carbons (Fsp3) is 0.263. The van der Waals surface area contributed by atoms with E-state index >= 15 is 0 Å². The van der Waals surface area contributed by atoms with E-state index in [4.69, 9.17) is 0 Å². The Morgan fingerprint density at radius 1 is 1.16 bits per heavy atom. The van der Waals surface area contributed by atoms with Crippen LogP contribution in [0.25, 0.3) is 0 Å². The molecule has 2 amide bonds. The van der Waals surface area contributed by atoms with Crippen molar-refractivity contribution in [3.8, 4) is 0 Å². The summed E-state index contributed by atoms with van der Waals surface area (Å²) < 4.78 is 1.03. The largest absolute Gasteiger partial charge is 0.376 e. The van der Waals surface area contributed by atoms with Gasteiger partial charge < -0.3 is 16.0 Å². The molecule has 0 radical (unpaired) electrons. The van der Waals surface area contributed by atoms with Crippen LogP contribution in [0.15, 0.2) is 46.9 Å². The van der Waals surface area contributed by atoms with Crippen molar-refractivity contribution in [3.63, 3.8) is 0 Å². The molecule has 0 saturated heterocycles. The lowest BCUT2D eigenvalue weighted by atomic mass is 10.1. The van der Waals surface area contributed by atoms with Crippen molar-refractivity contribution < 1.29 is 9.59 Å². The van der Waals surface area contributed by atoms with Crippen LogP contribution in [-0.4, -0.2) is 24.4 Å². The van der Waals surface area contributed by atoms with Crippen molar-refractivity contribution in [1.29, 1.82) is 0 Å². The highest BCUT2D eigenvalue weighted by molar-refractivity contribution is 9.10. The maximum atomic E-state index is 12.3. The van der Waals surface area contributed by atoms with Crippen molar-refractivity contribution in [2.24, 2.45) is 0 Å². The van der Waals surface area contributed by atoms with E-state index in [1.807, 2.05) is 25.1 Å². The first-order valence-electron chi connectivity index (χ1n) is 8.22. The Morgan fingerprint density at radius 2 is 1.92 bits per heavy atom. The lowest BCUT2D eigenvalue weighted by Gasteiger charge is -2.12. The number of carbonyl (C=O) groups excluding carboxylic acids is 2. The highest BCUT2D eigenvalue weighted by Gasteiger charge is 2.24. The summed E-state index contributed by atoms with van der Waals surface area (Å²) in [7, 11) is 0. The third-order valence-electron chi connectivity index (χ3n) is 3.97. The van der Waals surface area contributed by atoms with E-state index in [2.05, 4.69) is 31.9 Å². The number of hydrogen-bond acceptors (Lipinski definition) is 3. The van der Waals surface area contributed by atoms with Gasteiger partial charge in [-0.3, -0.25) is 9.59 Å². The van der Waals surface area contributed by atoms with Crippen molar-refractivity contribution in [3.05, 3.63) is 58.1 Å². The molecule has 1 fully saturated rings. The van der Waals surface area contributed by atoms with E-state index in [1.165, 1.54) is 0 Å². The topological polar surface area (TPSA) is 70.2 Å². The minimum Gasteiger partial charge on any atom is -0.376 e. The zero-order valence-corrected chi connectivity index (χ0v) is 15.5. The van der Waals surface area contributed by atoms with Gasteiger partial charge in [-0.1, -0.05) is 28.1 Å². The van der Waals surface area contributed by atoms with Crippen LogP contribution >= 0.6 is 15.9 Å². The van der Waals surface area contributed by atoms with Crippen LogP contribution < -0.4 is 16.0 Å². The lowest BCUT2D eigenvalue weighted by molar-refractivity contribution is -0.114. The first-order valence-corrected chi connectivity index (χ1v) is 9.02. The van der Waals surface area contributed by atoms with E-state index in [1.54, 1.807) is 24.3 Å². The Morgan fingerprint density at radius 3 is 2.64 bits per heavy atom. The number of aryl methyl sites for hydroxylation is 1. The van der Waals surface area contributed by atoms with Gasteiger partial charge in [-0.05, 0) is 55.7 Å². The zero-order valence-electron chi connectivity index (χ0n) is 13.9. The van der Waals surface area contributed by atoms with E-state index < -0.39 is 0 Å². The average Bonchev–Trinajstić information content (AvgIpc) is 3.40. The molecule has 6 heteroatoms. The van der Waals surface area contributed by atoms with Gasteiger partial charge in [-0.25, -0.2) is 0 Å². The van der Waals surface area contributed by atoms with Crippen molar-refractivity contribution in [2.75, 3.05) is 17.2 Å². The minimum atomic E-state index is -0.202. The third kappa shape index (κ3) is 4.82.